The molecule has 1 aromatic rings. The summed E-state index contributed by atoms with van der Waals surface area (Å²) in [5.74, 6) is -0.0777. The van der Waals surface area contributed by atoms with Gasteiger partial charge in [0.05, 0.1) is 10.8 Å². The molecule has 106 valence electrons. The Morgan fingerprint density at radius 2 is 2.47 bits per heavy atom. The lowest BCUT2D eigenvalue weighted by atomic mass is 9.98. The molecular formula is C14H21NO2S2. The summed E-state index contributed by atoms with van der Waals surface area (Å²) in [4.78, 5) is 12.2. The summed E-state index contributed by atoms with van der Waals surface area (Å²) in [6, 6.07) is 4.22. The number of nitrogens with one attached hydrogen (secondary N) is 1. The lowest BCUT2D eigenvalue weighted by Crippen LogP contribution is -2.51. The summed E-state index contributed by atoms with van der Waals surface area (Å²) >= 11 is 3.66. The van der Waals surface area contributed by atoms with E-state index in [0.29, 0.717) is 11.9 Å². The molecule has 2 rings (SSSR count). The monoisotopic (exact) mass is 299 g/mol. The predicted octanol–water partition coefficient (Wildman–Crippen LogP) is 3.30. The van der Waals surface area contributed by atoms with Gasteiger partial charge in [0.15, 0.2) is 0 Å². The van der Waals surface area contributed by atoms with Crippen LogP contribution in [-0.2, 0) is 9.53 Å². The highest BCUT2D eigenvalue weighted by atomic mass is 32.2. The second-order valence-corrected chi connectivity index (χ2v) is 7.30. The zero-order chi connectivity index (χ0) is 13.7. The van der Waals surface area contributed by atoms with E-state index in [-0.39, 0.29) is 5.97 Å². The number of hydrogen-bond donors (Lipinski definition) is 1. The normalized spacial score (nSPS) is 26.5. The van der Waals surface area contributed by atoms with Crippen LogP contribution in [0.3, 0.4) is 0 Å². The number of likely N-dealkylation sites (N-methyl/N-ethyl adjacent to an activating group) is 1. The molecular weight excluding hydrogens is 278 g/mol. The van der Waals surface area contributed by atoms with Gasteiger partial charge in [-0.05, 0) is 44.2 Å². The molecule has 0 aliphatic heterocycles. The first kappa shape index (κ1) is 14.9. The highest BCUT2D eigenvalue weighted by Crippen LogP contribution is 2.42. The summed E-state index contributed by atoms with van der Waals surface area (Å²) < 4.78 is 6.59. The van der Waals surface area contributed by atoms with Crippen LogP contribution in [0.4, 0.5) is 0 Å². The Morgan fingerprint density at radius 1 is 1.63 bits per heavy atom. The molecule has 2 atom stereocenters. The largest absolute Gasteiger partial charge is 0.465 e. The smallest absolute Gasteiger partial charge is 0.326 e. The molecule has 1 saturated carbocycles. The maximum atomic E-state index is 12.2. The first-order valence-electron chi connectivity index (χ1n) is 6.82. The number of rotatable bonds is 6. The molecule has 19 heavy (non-hydrogen) atoms. The summed E-state index contributed by atoms with van der Waals surface area (Å²) in [6.45, 7) is 5.16. The lowest BCUT2D eigenvalue weighted by molar-refractivity contribution is -0.151. The molecule has 1 N–H and O–H groups in total. The standard InChI is InChI=1S/C14H21NO2S2/c1-3-15-14(13(16)17-4-2)8-7-11(10-14)19-12-6-5-9-18-12/h5-6,9,11,15H,3-4,7-8,10H2,1-2H3. The fourth-order valence-electron chi connectivity index (χ4n) is 2.62. The Labute approximate surface area is 123 Å². The maximum Gasteiger partial charge on any atom is 0.326 e. The van der Waals surface area contributed by atoms with Crippen molar-refractivity contribution in [2.75, 3.05) is 13.2 Å². The molecule has 1 aliphatic rings. The second kappa shape index (κ2) is 6.77. The van der Waals surface area contributed by atoms with E-state index in [2.05, 4.69) is 22.8 Å². The Hall–Kier alpha value is -0.520. The molecule has 0 saturated heterocycles. The SMILES string of the molecule is CCNC1(C(=O)OCC)CCC(Sc2cccs2)C1. The van der Waals surface area contributed by atoms with Gasteiger partial charge in [0.25, 0.3) is 0 Å². The Morgan fingerprint density at radius 3 is 3.11 bits per heavy atom. The van der Waals surface area contributed by atoms with Gasteiger partial charge < -0.3 is 10.1 Å². The van der Waals surface area contributed by atoms with Gasteiger partial charge in [-0.2, -0.15) is 0 Å². The lowest BCUT2D eigenvalue weighted by Gasteiger charge is -2.27. The molecule has 0 aromatic carbocycles. The van der Waals surface area contributed by atoms with E-state index >= 15 is 0 Å². The Kier molecular flexibility index (Phi) is 5.30. The highest BCUT2D eigenvalue weighted by molar-refractivity contribution is 8.01. The van der Waals surface area contributed by atoms with Crippen LogP contribution in [0.1, 0.15) is 33.1 Å². The van der Waals surface area contributed by atoms with Gasteiger partial charge in [-0.15, -0.1) is 23.1 Å². The molecule has 1 aliphatic carbocycles. The average molecular weight is 299 g/mol. The second-order valence-electron chi connectivity index (χ2n) is 4.75. The summed E-state index contributed by atoms with van der Waals surface area (Å²) in [6.07, 6.45) is 2.80. The van der Waals surface area contributed by atoms with Crippen LogP contribution in [0.2, 0.25) is 0 Å². The van der Waals surface area contributed by atoms with Crippen LogP contribution in [-0.4, -0.2) is 29.9 Å². The minimum absolute atomic E-state index is 0.0777. The highest BCUT2D eigenvalue weighted by Gasteiger charge is 2.46. The first-order chi connectivity index (χ1) is 9.20. The fourth-order valence-corrected chi connectivity index (χ4v) is 4.96. The number of hydrogen-bond acceptors (Lipinski definition) is 5. The van der Waals surface area contributed by atoms with Crippen LogP contribution in [0.25, 0.3) is 0 Å². The third-order valence-corrected chi connectivity index (χ3v) is 5.77. The van der Waals surface area contributed by atoms with Gasteiger partial charge in [0.2, 0.25) is 0 Å². The van der Waals surface area contributed by atoms with E-state index in [4.69, 9.17) is 4.74 Å². The van der Waals surface area contributed by atoms with Gasteiger partial charge in [0.1, 0.15) is 5.54 Å². The van der Waals surface area contributed by atoms with E-state index < -0.39 is 5.54 Å². The number of thioether (sulfide) groups is 1. The van der Waals surface area contributed by atoms with Crippen LogP contribution < -0.4 is 5.32 Å². The number of carbonyl (C=O) groups excluding carboxylic acids is 1. The first-order valence-corrected chi connectivity index (χ1v) is 8.58. The summed E-state index contributed by atoms with van der Waals surface area (Å²) in [5.41, 5.74) is -0.459. The number of ether oxygens (including phenoxy) is 1. The molecule has 1 fully saturated rings. The summed E-state index contributed by atoms with van der Waals surface area (Å²) in [7, 11) is 0. The molecule has 0 amide bonds. The quantitative estimate of drug-likeness (QED) is 0.818. The average Bonchev–Trinajstić information content (AvgIpc) is 3.02. The molecule has 1 aromatic heterocycles. The van der Waals surface area contributed by atoms with Gasteiger partial charge in [0, 0.05) is 5.25 Å². The van der Waals surface area contributed by atoms with Crippen LogP contribution in [0, 0.1) is 0 Å². The molecule has 0 radical (unpaired) electrons. The van der Waals surface area contributed by atoms with Crippen molar-refractivity contribution in [1.29, 1.82) is 0 Å². The van der Waals surface area contributed by atoms with E-state index in [1.54, 1.807) is 11.3 Å². The maximum absolute atomic E-state index is 12.2. The van der Waals surface area contributed by atoms with Crippen molar-refractivity contribution in [3.63, 3.8) is 0 Å². The third-order valence-electron chi connectivity index (χ3n) is 3.43. The number of thiophene rings is 1. The minimum Gasteiger partial charge on any atom is -0.465 e. The predicted molar refractivity (Wildman–Crippen MR) is 80.9 cm³/mol. The molecule has 3 nitrogen and oxygen atoms in total. The fraction of sp³-hybridized carbons (Fsp3) is 0.643. The van der Waals surface area contributed by atoms with Gasteiger partial charge >= 0.3 is 5.97 Å². The van der Waals surface area contributed by atoms with Gasteiger partial charge in [-0.3, -0.25) is 4.79 Å². The van der Waals surface area contributed by atoms with Gasteiger partial charge in [-0.25, -0.2) is 0 Å². The minimum atomic E-state index is -0.459. The van der Waals surface area contributed by atoms with Gasteiger partial charge in [-0.1, -0.05) is 13.0 Å². The molecule has 2 unspecified atom stereocenters. The van der Waals surface area contributed by atoms with Crippen molar-refractivity contribution in [3.8, 4) is 0 Å². The molecule has 5 heteroatoms. The van der Waals surface area contributed by atoms with E-state index in [0.717, 1.165) is 25.8 Å². The zero-order valence-corrected chi connectivity index (χ0v) is 13.1. The molecule has 0 spiro atoms. The van der Waals surface area contributed by atoms with E-state index in [1.807, 2.05) is 25.6 Å². The van der Waals surface area contributed by atoms with Crippen LogP contribution >= 0.6 is 23.1 Å². The topological polar surface area (TPSA) is 38.3 Å². The van der Waals surface area contributed by atoms with Crippen molar-refractivity contribution in [2.24, 2.45) is 0 Å². The zero-order valence-electron chi connectivity index (χ0n) is 11.5. The number of carbonyl (C=O) groups is 1. The summed E-state index contributed by atoms with van der Waals surface area (Å²) in [5, 5.41) is 5.97. The van der Waals surface area contributed by atoms with Crippen molar-refractivity contribution in [3.05, 3.63) is 17.5 Å². The van der Waals surface area contributed by atoms with E-state index in [9.17, 15) is 4.79 Å². The molecule has 0 bridgehead atoms. The Bertz CT molecular complexity index is 408. The van der Waals surface area contributed by atoms with Crippen LogP contribution in [0.15, 0.2) is 21.7 Å². The van der Waals surface area contributed by atoms with Crippen molar-refractivity contribution in [2.45, 2.75) is 48.1 Å². The van der Waals surface area contributed by atoms with Crippen LogP contribution in [0.5, 0.6) is 0 Å². The molecule has 1 heterocycles. The van der Waals surface area contributed by atoms with Crippen molar-refractivity contribution < 1.29 is 9.53 Å². The third kappa shape index (κ3) is 3.52. The van der Waals surface area contributed by atoms with E-state index in [1.165, 1.54) is 4.21 Å². The van der Waals surface area contributed by atoms with Crippen molar-refractivity contribution in [1.82, 2.24) is 5.32 Å². The van der Waals surface area contributed by atoms with Crippen molar-refractivity contribution >= 4 is 29.1 Å². The number of esters is 1. The Balaban J connectivity index is 2.00.